The van der Waals surface area contributed by atoms with E-state index >= 15 is 0 Å². The number of benzene rings is 1. The monoisotopic (exact) mass is 442 g/mol. The molecule has 0 aliphatic carbocycles. The standard InChI is InChI=1S/C18H20F2N4O5S/c1-18(19,20)17-22-14(21-11-9-24(10-11)30(3,26)27)13(16(25)28-2)15(23-17)29-12-7-5-4-6-8-12/h4-8,11H,9-10H2,1-3H3,(H,21,22,23). The molecule has 2 heterocycles. The van der Waals surface area contributed by atoms with Gasteiger partial charge in [-0.05, 0) is 12.1 Å². The average Bonchev–Trinajstić information content (AvgIpc) is 2.62. The fourth-order valence-electron chi connectivity index (χ4n) is 2.69. The number of para-hydroxylation sites is 1. The molecule has 0 amide bonds. The second kappa shape index (κ2) is 8.11. The molecule has 9 nitrogen and oxygen atoms in total. The first-order valence-corrected chi connectivity index (χ1v) is 10.7. The molecule has 0 radical (unpaired) electrons. The maximum Gasteiger partial charge on any atom is 0.347 e. The normalized spacial score (nSPS) is 15.4. The molecule has 1 N–H and O–H groups in total. The molecule has 0 atom stereocenters. The molecular formula is C18H20F2N4O5S. The fourth-order valence-corrected chi connectivity index (χ4v) is 3.60. The third kappa shape index (κ3) is 4.82. The number of aromatic nitrogens is 2. The van der Waals surface area contributed by atoms with E-state index in [4.69, 9.17) is 9.47 Å². The van der Waals surface area contributed by atoms with Gasteiger partial charge in [-0.3, -0.25) is 0 Å². The third-order valence-electron chi connectivity index (χ3n) is 4.27. The molecule has 1 aromatic carbocycles. The SMILES string of the molecule is COC(=O)c1c(NC2CN(S(C)(=O)=O)C2)nc(C(C)(F)F)nc1Oc1ccccc1. The van der Waals surface area contributed by atoms with Crippen molar-refractivity contribution in [2.24, 2.45) is 0 Å². The smallest absolute Gasteiger partial charge is 0.347 e. The summed E-state index contributed by atoms with van der Waals surface area (Å²) < 4.78 is 62.7. The van der Waals surface area contributed by atoms with E-state index in [2.05, 4.69) is 15.3 Å². The van der Waals surface area contributed by atoms with Gasteiger partial charge in [0, 0.05) is 20.0 Å². The highest BCUT2D eigenvalue weighted by Gasteiger charge is 2.37. The van der Waals surface area contributed by atoms with Crippen LogP contribution in [0.4, 0.5) is 14.6 Å². The number of carbonyl (C=O) groups excluding carboxylic acids is 1. The van der Waals surface area contributed by atoms with Crippen molar-refractivity contribution in [2.75, 3.05) is 31.8 Å². The van der Waals surface area contributed by atoms with Gasteiger partial charge in [0.1, 0.15) is 11.6 Å². The number of nitrogens with zero attached hydrogens (tertiary/aromatic N) is 3. The molecule has 1 aliphatic heterocycles. The maximum absolute atomic E-state index is 14.0. The molecule has 0 saturated carbocycles. The van der Waals surface area contributed by atoms with E-state index in [1.807, 2.05) is 0 Å². The molecule has 3 rings (SSSR count). The zero-order valence-corrected chi connectivity index (χ0v) is 17.2. The number of carbonyl (C=O) groups is 1. The van der Waals surface area contributed by atoms with Crippen LogP contribution in [-0.4, -0.2) is 61.2 Å². The first kappa shape index (κ1) is 21.8. The van der Waals surface area contributed by atoms with Crippen molar-refractivity contribution >= 4 is 21.8 Å². The van der Waals surface area contributed by atoms with Crippen molar-refractivity contribution in [3.8, 4) is 11.6 Å². The number of sulfonamides is 1. The molecule has 1 saturated heterocycles. The number of hydrogen-bond acceptors (Lipinski definition) is 8. The topological polar surface area (TPSA) is 111 Å². The molecule has 1 aromatic heterocycles. The minimum atomic E-state index is -3.42. The van der Waals surface area contributed by atoms with Gasteiger partial charge >= 0.3 is 11.9 Å². The van der Waals surface area contributed by atoms with E-state index < -0.39 is 39.7 Å². The van der Waals surface area contributed by atoms with Crippen LogP contribution in [0.2, 0.25) is 0 Å². The van der Waals surface area contributed by atoms with Crippen LogP contribution >= 0.6 is 0 Å². The summed E-state index contributed by atoms with van der Waals surface area (Å²) in [6.45, 7) is 0.803. The second-order valence-corrected chi connectivity index (χ2v) is 8.77. The molecule has 0 spiro atoms. The Kier molecular flexibility index (Phi) is 5.90. The van der Waals surface area contributed by atoms with Crippen LogP contribution in [0, 0.1) is 0 Å². The van der Waals surface area contributed by atoms with Crippen molar-refractivity contribution in [1.82, 2.24) is 14.3 Å². The number of nitrogens with one attached hydrogen (secondary N) is 1. The van der Waals surface area contributed by atoms with Crippen molar-refractivity contribution in [3.63, 3.8) is 0 Å². The summed E-state index contributed by atoms with van der Waals surface area (Å²) >= 11 is 0. The summed E-state index contributed by atoms with van der Waals surface area (Å²) in [6.07, 6.45) is 1.06. The first-order valence-electron chi connectivity index (χ1n) is 8.82. The summed E-state index contributed by atoms with van der Waals surface area (Å²) in [7, 11) is -2.26. The number of alkyl halides is 2. The summed E-state index contributed by atoms with van der Waals surface area (Å²) in [5, 5.41) is 2.83. The van der Waals surface area contributed by atoms with Crippen LogP contribution in [0.1, 0.15) is 23.1 Å². The van der Waals surface area contributed by atoms with Crippen LogP contribution in [0.5, 0.6) is 11.6 Å². The summed E-state index contributed by atoms with van der Waals surface area (Å²) in [5.41, 5.74) is -0.271. The van der Waals surface area contributed by atoms with Gasteiger partial charge in [0.2, 0.25) is 21.7 Å². The van der Waals surface area contributed by atoms with Gasteiger partial charge in [-0.1, -0.05) is 18.2 Å². The number of ether oxygens (including phenoxy) is 2. The Morgan fingerprint density at radius 3 is 2.40 bits per heavy atom. The average molecular weight is 442 g/mol. The van der Waals surface area contributed by atoms with E-state index in [1.165, 1.54) is 4.31 Å². The van der Waals surface area contributed by atoms with E-state index in [9.17, 15) is 22.0 Å². The van der Waals surface area contributed by atoms with Crippen molar-refractivity contribution in [2.45, 2.75) is 18.9 Å². The number of methoxy groups -OCH3 is 1. The van der Waals surface area contributed by atoms with Gasteiger partial charge in [-0.25, -0.2) is 18.2 Å². The Bertz CT molecular complexity index is 1040. The Morgan fingerprint density at radius 2 is 1.87 bits per heavy atom. The van der Waals surface area contributed by atoms with Crippen molar-refractivity contribution in [1.29, 1.82) is 0 Å². The Morgan fingerprint density at radius 1 is 1.23 bits per heavy atom. The third-order valence-corrected chi connectivity index (χ3v) is 5.51. The number of halogens is 2. The maximum atomic E-state index is 14.0. The molecule has 12 heteroatoms. The van der Waals surface area contributed by atoms with Crippen LogP contribution in [0.25, 0.3) is 0 Å². The number of anilines is 1. The minimum absolute atomic E-state index is 0.0934. The lowest BCUT2D eigenvalue weighted by Crippen LogP contribution is -2.56. The molecule has 2 aromatic rings. The molecule has 0 bridgehead atoms. The Hall–Kier alpha value is -2.86. The van der Waals surface area contributed by atoms with Gasteiger partial charge in [-0.2, -0.15) is 18.1 Å². The van der Waals surface area contributed by atoms with Gasteiger partial charge in [-0.15, -0.1) is 0 Å². The molecule has 162 valence electrons. The number of hydrogen-bond donors (Lipinski definition) is 1. The minimum Gasteiger partial charge on any atom is -0.465 e. The van der Waals surface area contributed by atoms with Crippen molar-refractivity contribution < 1.29 is 31.5 Å². The van der Waals surface area contributed by atoms with Gasteiger partial charge in [0.05, 0.1) is 19.4 Å². The zero-order valence-electron chi connectivity index (χ0n) is 16.4. The quantitative estimate of drug-likeness (QED) is 0.650. The fraction of sp³-hybridized carbons (Fsp3) is 0.389. The molecule has 30 heavy (non-hydrogen) atoms. The highest BCUT2D eigenvalue weighted by Crippen LogP contribution is 2.34. The predicted molar refractivity (Wildman–Crippen MR) is 103 cm³/mol. The Balaban J connectivity index is 2.02. The zero-order chi connectivity index (χ0) is 22.1. The molecule has 0 unspecified atom stereocenters. The predicted octanol–water partition coefficient (Wildman–Crippen LogP) is 2.22. The molecule has 1 fully saturated rings. The number of rotatable bonds is 7. The van der Waals surface area contributed by atoms with E-state index in [0.717, 1.165) is 13.4 Å². The Labute approximate surface area is 172 Å². The van der Waals surface area contributed by atoms with E-state index in [-0.39, 0.29) is 30.2 Å². The van der Waals surface area contributed by atoms with Crippen LogP contribution in [0.15, 0.2) is 30.3 Å². The summed E-state index contributed by atoms with van der Waals surface area (Å²) in [5.74, 6) is -5.53. The van der Waals surface area contributed by atoms with Gasteiger partial charge in [0.15, 0.2) is 5.56 Å². The lowest BCUT2D eigenvalue weighted by atomic mass is 10.1. The van der Waals surface area contributed by atoms with E-state index in [1.54, 1.807) is 30.3 Å². The largest absolute Gasteiger partial charge is 0.465 e. The number of esters is 1. The van der Waals surface area contributed by atoms with Gasteiger partial charge < -0.3 is 14.8 Å². The summed E-state index contributed by atoms with van der Waals surface area (Å²) in [6, 6.07) is 7.75. The van der Waals surface area contributed by atoms with Crippen LogP contribution in [-0.2, 0) is 20.7 Å². The molecular weight excluding hydrogens is 422 g/mol. The highest BCUT2D eigenvalue weighted by atomic mass is 32.2. The van der Waals surface area contributed by atoms with Crippen molar-refractivity contribution in [3.05, 3.63) is 41.7 Å². The lowest BCUT2D eigenvalue weighted by Gasteiger charge is -2.38. The van der Waals surface area contributed by atoms with E-state index in [0.29, 0.717) is 6.92 Å². The summed E-state index contributed by atoms with van der Waals surface area (Å²) in [4.78, 5) is 19.9. The highest BCUT2D eigenvalue weighted by molar-refractivity contribution is 7.88. The second-order valence-electron chi connectivity index (χ2n) is 6.79. The lowest BCUT2D eigenvalue weighted by molar-refractivity contribution is 0.00711. The first-order chi connectivity index (χ1) is 14.0. The molecule has 1 aliphatic rings. The van der Waals surface area contributed by atoms with Crippen LogP contribution in [0.3, 0.4) is 0 Å². The van der Waals surface area contributed by atoms with Crippen LogP contribution < -0.4 is 10.1 Å². The van der Waals surface area contributed by atoms with Gasteiger partial charge in [0.25, 0.3) is 0 Å².